The zero-order valence-corrected chi connectivity index (χ0v) is 6.96. The van der Waals surface area contributed by atoms with Crippen molar-refractivity contribution in [1.82, 2.24) is 4.98 Å². The number of H-pyrrole nitrogens is 1. The smallest absolute Gasteiger partial charge is 0.408 e. The Bertz CT molecular complexity index is 344. The number of oxazole rings is 1. The van der Waals surface area contributed by atoms with Crippen molar-refractivity contribution in [1.29, 1.82) is 0 Å². The maximum absolute atomic E-state index is 10.7. The van der Waals surface area contributed by atoms with Gasteiger partial charge in [0.25, 0.3) is 0 Å². The Labute approximate surface area is 70.4 Å². The van der Waals surface area contributed by atoms with E-state index in [9.17, 15) is 4.79 Å². The van der Waals surface area contributed by atoms with Gasteiger partial charge in [-0.25, -0.2) is 4.79 Å². The summed E-state index contributed by atoms with van der Waals surface area (Å²) >= 11 is 0. The van der Waals surface area contributed by atoms with E-state index in [0.717, 1.165) is 6.42 Å². The van der Waals surface area contributed by atoms with Crippen LogP contribution in [0, 0.1) is 0 Å². The van der Waals surface area contributed by atoms with Gasteiger partial charge >= 0.3 is 5.76 Å². The van der Waals surface area contributed by atoms with Crippen LogP contribution in [0.15, 0.2) is 21.9 Å². The predicted octanol–water partition coefficient (Wildman–Crippen LogP) is 2.03. The first-order chi connectivity index (χ1) is 5.77. The van der Waals surface area contributed by atoms with E-state index < -0.39 is 5.76 Å². The van der Waals surface area contributed by atoms with Crippen LogP contribution in [0.3, 0.4) is 0 Å². The Hall–Kier alpha value is -1.51. The monoisotopic (exact) mass is 165 g/mol. The predicted molar refractivity (Wildman–Crippen MR) is 48.7 cm³/mol. The van der Waals surface area contributed by atoms with Gasteiger partial charge < -0.3 is 4.42 Å². The molecular weight excluding hydrogens is 154 g/mol. The van der Waals surface area contributed by atoms with E-state index in [0.29, 0.717) is 11.5 Å². The molecule has 0 amide bonds. The maximum Gasteiger partial charge on any atom is 0.417 e. The van der Waals surface area contributed by atoms with Crippen LogP contribution < -0.4 is 5.76 Å². The quantitative estimate of drug-likeness (QED) is 0.744. The van der Waals surface area contributed by atoms with Gasteiger partial charge in [-0.1, -0.05) is 19.6 Å². The molecule has 0 aliphatic carbocycles. The van der Waals surface area contributed by atoms with Crippen LogP contribution in [0.1, 0.15) is 24.8 Å². The SMILES string of the molecule is C=Cc1oc(=O)[nH]c1/C=C\CC. The molecule has 1 aromatic rings. The molecule has 0 aliphatic heterocycles. The van der Waals surface area contributed by atoms with Crippen LogP contribution in [0.4, 0.5) is 0 Å². The Morgan fingerprint density at radius 1 is 1.67 bits per heavy atom. The Balaban J connectivity index is 3.04. The fraction of sp³-hybridized carbons (Fsp3) is 0.222. The van der Waals surface area contributed by atoms with E-state index in [1.165, 1.54) is 6.08 Å². The lowest BCUT2D eigenvalue weighted by atomic mass is 10.3. The van der Waals surface area contributed by atoms with Crippen molar-refractivity contribution < 1.29 is 4.42 Å². The molecule has 1 heterocycles. The lowest BCUT2D eigenvalue weighted by molar-refractivity contribution is 0.507. The van der Waals surface area contributed by atoms with Crippen molar-refractivity contribution in [3.8, 4) is 0 Å². The zero-order chi connectivity index (χ0) is 8.97. The number of allylic oxidation sites excluding steroid dienone is 1. The third kappa shape index (κ3) is 1.75. The molecule has 0 fully saturated rings. The average molecular weight is 165 g/mol. The molecule has 0 spiro atoms. The molecule has 64 valence electrons. The van der Waals surface area contributed by atoms with Crippen LogP contribution in [0.5, 0.6) is 0 Å². The molecule has 0 bridgehead atoms. The van der Waals surface area contributed by atoms with Crippen molar-refractivity contribution in [2.75, 3.05) is 0 Å². The molecule has 0 saturated heterocycles. The molecule has 0 aromatic carbocycles. The standard InChI is InChI=1S/C9H11NO2/c1-3-5-6-7-8(4-2)12-9(11)10-7/h4-6H,2-3H2,1H3,(H,10,11)/b6-5-. The van der Waals surface area contributed by atoms with Crippen molar-refractivity contribution in [3.63, 3.8) is 0 Å². The van der Waals surface area contributed by atoms with Gasteiger partial charge in [0.1, 0.15) is 0 Å². The second-order valence-corrected chi connectivity index (χ2v) is 2.31. The topological polar surface area (TPSA) is 46.0 Å². The Morgan fingerprint density at radius 2 is 2.42 bits per heavy atom. The minimum absolute atomic E-state index is 0.444. The van der Waals surface area contributed by atoms with Crippen molar-refractivity contribution in [2.45, 2.75) is 13.3 Å². The molecule has 12 heavy (non-hydrogen) atoms. The molecular formula is C9H11NO2. The number of aromatic amines is 1. The van der Waals surface area contributed by atoms with Gasteiger partial charge in [0.15, 0.2) is 5.76 Å². The van der Waals surface area contributed by atoms with Gasteiger partial charge in [-0.15, -0.1) is 0 Å². The maximum atomic E-state index is 10.7. The van der Waals surface area contributed by atoms with Gasteiger partial charge in [-0.05, 0) is 18.6 Å². The van der Waals surface area contributed by atoms with E-state index in [2.05, 4.69) is 11.6 Å². The molecule has 3 nitrogen and oxygen atoms in total. The minimum atomic E-state index is -0.444. The number of aromatic nitrogens is 1. The molecule has 0 radical (unpaired) electrons. The minimum Gasteiger partial charge on any atom is -0.408 e. The fourth-order valence-electron chi connectivity index (χ4n) is 0.863. The Morgan fingerprint density at radius 3 is 3.00 bits per heavy atom. The molecule has 1 N–H and O–H groups in total. The highest BCUT2D eigenvalue weighted by atomic mass is 16.4. The summed E-state index contributed by atoms with van der Waals surface area (Å²) in [4.78, 5) is 13.3. The third-order valence-corrected chi connectivity index (χ3v) is 1.41. The number of nitrogens with one attached hydrogen (secondary N) is 1. The number of rotatable bonds is 3. The van der Waals surface area contributed by atoms with Gasteiger partial charge in [0.05, 0.1) is 5.69 Å². The first kappa shape index (κ1) is 8.59. The Kier molecular flexibility index (Phi) is 2.69. The van der Waals surface area contributed by atoms with Gasteiger partial charge in [-0.2, -0.15) is 0 Å². The van der Waals surface area contributed by atoms with E-state index in [-0.39, 0.29) is 0 Å². The van der Waals surface area contributed by atoms with Crippen LogP contribution in [0.2, 0.25) is 0 Å². The molecule has 0 aliphatic rings. The molecule has 3 heteroatoms. The fourth-order valence-corrected chi connectivity index (χ4v) is 0.863. The highest BCUT2D eigenvalue weighted by molar-refractivity contribution is 5.56. The van der Waals surface area contributed by atoms with Crippen LogP contribution in [0.25, 0.3) is 12.2 Å². The van der Waals surface area contributed by atoms with Crippen molar-refractivity contribution in [3.05, 3.63) is 34.7 Å². The van der Waals surface area contributed by atoms with E-state index in [1.54, 1.807) is 0 Å². The van der Waals surface area contributed by atoms with Crippen LogP contribution in [-0.4, -0.2) is 4.98 Å². The van der Waals surface area contributed by atoms with Gasteiger partial charge in [0, 0.05) is 0 Å². The summed E-state index contributed by atoms with van der Waals surface area (Å²) in [7, 11) is 0. The first-order valence-electron chi connectivity index (χ1n) is 3.80. The highest BCUT2D eigenvalue weighted by Crippen LogP contribution is 2.06. The third-order valence-electron chi connectivity index (χ3n) is 1.41. The summed E-state index contributed by atoms with van der Waals surface area (Å²) < 4.78 is 4.78. The van der Waals surface area contributed by atoms with Crippen molar-refractivity contribution >= 4 is 12.2 Å². The second-order valence-electron chi connectivity index (χ2n) is 2.31. The van der Waals surface area contributed by atoms with Gasteiger partial charge in [0.2, 0.25) is 0 Å². The van der Waals surface area contributed by atoms with E-state index >= 15 is 0 Å². The number of hydrogen-bond acceptors (Lipinski definition) is 2. The summed E-state index contributed by atoms with van der Waals surface area (Å²) in [5, 5.41) is 0. The molecule has 1 aromatic heterocycles. The molecule has 0 atom stereocenters. The van der Waals surface area contributed by atoms with Crippen LogP contribution in [-0.2, 0) is 0 Å². The first-order valence-corrected chi connectivity index (χ1v) is 3.80. The highest BCUT2D eigenvalue weighted by Gasteiger charge is 2.01. The molecule has 1 rings (SSSR count). The normalized spacial score (nSPS) is 10.8. The summed E-state index contributed by atoms with van der Waals surface area (Å²) in [6.45, 7) is 5.54. The summed E-state index contributed by atoms with van der Waals surface area (Å²) in [5.41, 5.74) is 0.678. The van der Waals surface area contributed by atoms with Gasteiger partial charge in [-0.3, -0.25) is 4.98 Å². The lowest BCUT2D eigenvalue weighted by Gasteiger charge is -1.85. The van der Waals surface area contributed by atoms with E-state index in [4.69, 9.17) is 4.42 Å². The van der Waals surface area contributed by atoms with Crippen molar-refractivity contribution in [2.24, 2.45) is 0 Å². The summed E-state index contributed by atoms with van der Waals surface area (Å²) in [5.74, 6) is 0.0466. The molecule has 0 unspecified atom stereocenters. The number of hydrogen-bond donors (Lipinski definition) is 1. The van der Waals surface area contributed by atoms with Crippen LogP contribution >= 0.6 is 0 Å². The lowest BCUT2D eigenvalue weighted by Crippen LogP contribution is -1.94. The second kappa shape index (κ2) is 3.76. The van der Waals surface area contributed by atoms with E-state index in [1.807, 2.05) is 19.1 Å². The molecule has 0 saturated carbocycles. The summed E-state index contributed by atoms with van der Waals surface area (Å²) in [6, 6.07) is 0. The zero-order valence-electron chi connectivity index (χ0n) is 6.96. The summed E-state index contributed by atoms with van der Waals surface area (Å²) in [6.07, 6.45) is 6.17. The largest absolute Gasteiger partial charge is 0.417 e. The average Bonchev–Trinajstić information content (AvgIpc) is 2.42.